The average molecular weight is 371 g/mol. The molecule has 2 aromatic rings. The maximum absolute atomic E-state index is 13.3. The summed E-state index contributed by atoms with van der Waals surface area (Å²) < 4.78 is 11.0. The van der Waals surface area contributed by atoms with Gasteiger partial charge in [0.25, 0.3) is 11.6 Å². The summed E-state index contributed by atoms with van der Waals surface area (Å²) in [6, 6.07) is 9.86. The Bertz CT molecular complexity index is 882. The summed E-state index contributed by atoms with van der Waals surface area (Å²) in [6.45, 7) is 1.20. The zero-order valence-corrected chi connectivity index (χ0v) is 15.5. The highest BCUT2D eigenvalue weighted by atomic mass is 16.6. The Labute approximate surface area is 157 Å². The van der Waals surface area contributed by atoms with E-state index in [0.29, 0.717) is 24.4 Å². The van der Waals surface area contributed by atoms with Crippen molar-refractivity contribution in [3.05, 3.63) is 52.1 Å². The standard InChI is InChI=1S/C19H21N3O5/c1-20(2)9-6-10-21-14-7-4-5-8-16(14)27-17-12-13(26-3)11-15(22(24)25)18(17)19(21)23/h4-5,7-8,11-12H,6,9-10H2,1-3H3. The summed E-state index contributed by atoms with van der Waals surface area (Å²) in [4.78, 5) is 27.9. The molecule has 0 saturated carbocycles. The molecule has 0 spiro atoms. The number of carbonyl (C=O) groups is 1. The van der Waals surface area contributed by atoms with Gasteiger partial charge in [0.05, 0.1) is 23.8 Å². The van der Waals surface area contributed by atoms with Crippen LogP contribution in [0.4, 0.5) is 11.4 Å². The van der Waals surface area contributed by atoms with Crippen LogP contribution in [0, 0.1) is 10.1 Å². The molecule has 27 heavy (non-hydrogen) atoms. The van der Waals surface area contributed by atoms with Crippen molar-refractivity contribution in [2.45, 2.75) is 6.42 Å². The Morgan fingerprint density at radius 1 is 1.22 bits per heavy atom. The average Bonchev–Trinajstić information content (AvgIpc) is 2.75. The summed E-state index contributed by atoms with van der Waals surface area (Å²) in [5.41, 5.74) is 0.187. The molecular weight excluding hydrogens is 350 g/mol. The number of benzene rings is 2. The number of anilines is 1. The second-order valence-electron chi connectivity index (χ2n) is 6.46. The lowest BCUT2D eigenvalue weighted by atomic mass is 10.1. The molecule has 142 valence electrons. The van der Waals surface area contributed by atoms with Crippen molar-refractivity contribution < 1.29 is 19.2 Å². The molecule has 1 aliphatic rings. The van der Waals surface area contributed by atoms with Crippen molar-refractivity contribution in [1.29, 1.82) is 0 Å². The van der Waals surface area contributed by atoms with Gasteiger partial charge in [-0.2, -0.15) is 0 Å². The minimum atomic E-state index is -0.587. The summed E-state index contributed by atoms with van der Waals surface area (Å²) in [5, 5.41) is 11.6. The molecule has 0 N–H and O–H groups in total. The molecule has 0 aromatic heterocycles. The molecule has 0 fully saturated rings. The first-order valence-electron chi connectivity index (χ1n) is 8.52. The SMILES string of the molecule is COc1cc2c(c([N+](=O)[O-])c1)C(=O)N(CCCN(C)C)c1ccccc1O2. The quantitative estimate of drug-likeness (QED) is 0.572. The van der Waals surface area contributed by atoms with Gasteiger partial charge in [0.2, 0.25) is 0 Å². The van der Waals surface area contributed by atoms with Gasteiger partial charge in [-0.3, -0.25) is 14.9 Å². The Morgan fingerprint density at radius 3 is 2.63 bits per heavy atom. The van der Waals surface area contributed by atoms with E-state index in [0.717, 1.165) is 6.54 Å². The third kappa shape index (κ3) is 3.70. The van der Waals surface area contributed by atoms with Gasteiger partial charge < -0.3 is 19.3 Å². The normalized spacial score (nSPS) is 12.9. The van der Waals surface area contributed by atoms with Crippen LogP contribution >= 0.6 is 0 Å². The lowest BCUT2D eigenvalue weighted by molar-refractivity contribution is -0.385. The van der Waals surface area contributed by atoms with E-state index in [9.17, 15) is 14.9 Å². The van der Waals surface area contributed by atoms with E-state index in [4.69, 9.17) is 9.47 Å². The topological polar surface area (TPSA) is 85.1 Å². The minimum absolute atomic E-state index is 0.0677. The van der Waals surface area contributed by atoms with Crippen molar-refractivity contribution in [1.82, 2.24) is 4.90 Å². The number of fused-ring (bicyclic) bond motifs is 2. The molecule has 2 aromatic carbocycles. The third-order valence-electron chi connectivity index (χ3n) is 4.31. The molecule has 1 heterocycles. The second kappa shape index (κ2) is 7.63. The van der Waals surface area contributed by atoms with Crippen LogP contribution in [0.25, 0.3) is 0 Å². The lowest BCUT2D eigenvalue weighted by Crippen LogP contribution is -2.33. The highest BCUT2D eigenvalue weighted by Gasteiger charge is 2.35. The fraction of sp³-hybridized carbons (Fsp3) is 0.316. The van der Waals surface area contributed by atoms with E-state index in [1.54, 1.807) is 29.2 Å². The first kappa shape index (κ1) is 18.7. The maximum atomic E-state index is 13.3. The zero-order chi connectivity index (χ0) is 19.6. The van der Waals surface area contributed by atoms with Crippen LogP contribution in [0.2, 0.25) is 0 Å². The molecule has 0 aliphatic carbocycles. The van der Waals surface area contributed by atoms with Gasteiger partial charge in [0, 0.05) is 12.6 Å². The van der Waals surface area contributed by atoms with Crippen LogP contribution < -0.4 is 14.4 Å². The molecule has 1 amide bonds. The van der Waals surface area contributed by atoms with Crippen LogP contribution in [-0.2, 0) is 0 Å². The number of amides is 1. The number of para-hydroxylation sites is 2. The van der Waals surface area contributed by atoms with Gasteiger partial charge in [-0.1, -0.05) is 12.1 Å². The van der Waals surface area contributed by atoms with Gasteiger partial charge in [-0.15, -0.1) is 0 Å². The maximum Gasteiger partial charge on any atom is 0.289 e. The second-order valence-corrected chi connectivity index (χ2v) is 6.46. The molecule has 8 heteroatoms. The highest BCUT2D eigenvalue weighted by molar-refractivity contribution is 6.12. The summed E-state index contributed by atoms with van der Waals surface area (Å²) >= 11 is 0. The van der Waals surface area contributed by atoms with Crippen molar-refractivity contribution >= 4 is 17.3 Å². The van der Waals surface area contributed by atoms with Crippen molar-refractivity contribution in [2.24, 2.45) is 0 Å². The van der Waals surface area contributed by atoms with E-state index >= 15 is 0 Å². The van der Waals surface area contributed by atoms with Crippen LogP contribution in [0.3, 0.4) is 0 Å². The molecule has 8 nitrogen and oxygen atoms in total. The van der Waals surface area contributed by atoms with Crippen LogP contribution in [0.5, 0.6) is 17.2 Å². The largest absolute Gasteiger partial charge is 0.496 e. The number of methoxy groups -OCH3 is 1. The number of hydrogen-bond acceptors (Lipinski definition) is 6. The smallest absolute Gasteiger partial charge is 0.289 e. The first-order valence-corrected chi connectivity index (χ1v) is 8.52. The van der Waals surface area contributed by atoms with Gasteiger partial charge in [-0.05, 0) is 39.2 Å². The zero-order valence-electron chi connectivity index (χ0n) is 15.5. The number of rotatable bonds is 6. The van der Waals surface area contributed by atoms with E-state index in [2.05, 4.69) is 0 Å². The van der Waals surface area contributed by atoms with Crippen LogP contribution in [0.15, 0.2) is 36.4 Å². The Hall–Kier alpha value is -3.13. The van der Waals surface area contributed by atoms with E-state index in [1.807, 2.05) is 19.0 Å². The van der Waals surface area contributed by atoms with Gasteiger partial charge in [0.1, 0.15) is 5.75 Å². The molecule has 1 aliphatic heterocycles. The number of nitro benzene ring substituents is 1. The monoisotopic (exact) mass is 371 g/mol. The van der Waals surface area contributed by atoms with Gasteiger partial charge in [-0.25, -0.2) is 0 Å². The molecular formula is C19H21N3O5. The number of ether oxygens (including phenoxy) is 2. The Balaban J connectivity index is 2.13. The predicted octanol–water partition coefficient (Wildman–Crippen LogP) is 3.31. The summed E-state index contributed by atoms with van der Waals surface area (Å²) in [6.07, 6.45) is 0.715. The molecule has 0 atom stereocenters. The Kier molecular flexibility index (Phi) is 5.27. The molecule has 0 unspecified atom stereocenters. The predicted molar refractivity (Wildman–Crippen MR) is 101 cm³/mol. The Morgan fingerprint density at radius 2 is 1.96 bits per heavy atom. The van der Waals surface area contributed by atoms with Crippen molar-refractivity contribution in [3.63, 3.8) is 0 Å². The van der Waals surface area contributed by atoms with Crippen LogP contribution in [0.1, 0.15) is 16.8 Å². The van der Waals surface area contributed by atoms with E-state index in [1.165, 1.54) is 19.2 Å². The molecule has 0 radical (unpaired) electrons. The third-order valence-corrected chi connectivity index (χ3v) is 4.31. The number of nitrogens with zero attached hydrogens (tertiary/aromatic N) is 3. The van der Waals surface area contributed by atoms with E-state index in [-0.39, 0.29) is 22.7 Å². The number of carbonyl (C=O) groups excluding carboxylic acids is 1. The summed E-state index contributed by atoms with van der Waals surface area (Å²) in [7, 11) is 5.31. The van der Waals surface area contributed by atoms with E-state index < -0.39 is 10.8 Å². The summed E-state index contributed by atoms with van der Waals surface area (Å²) in [5.74, 6) is 0.389. The number of hydrogen-bond donors (Lipinski definition) is 0. The van der Waals surface area contributed by atoms with Gasteiger partial charge >= 0.3 is 0 Å². The van der Waals surface area contributed by atoms with Crippen molar-refractivity contribution in [3.8, 4) is 17.2 Å². The minimum Gasteiger partial charge on any atom is -0.496 e. The molecule has 3 rings (SSSR count). The fourth-order valence-electron chi connectivity index (χ4n) is 3.03. The molecule has 0 bridgehead atoms. The van der Waals surface area contributed by atoms with Crippen LogP contribution in [-0.4, -0.2) is 50.0 Å². The van der Waals surface area contributed by atoms with Gasteiger partial charge in [0.15, 0.2) is 17.1 Å². The molecule has 0 saturated heterocycles. The highest BCUT2D eigenvalue weighted by Crippen LogP contribution is 2.43. The number of nitro groups is 1. The first-order chi connectivity index (χ1) is 12.9. The fourth-order valence-corrected chi connectivity index (χ4v) is 3.03. The van der Waals surface area contributed by atoms with Crippen molar-refractivity contribution in [2.75, 3.05) is 39.2 Å². The lowest BCUT2D eigenvalue weighted by Gasteiger charge is -2.22.